The third-order valence-corrected chi connectivity index (χ3v) is 12.3. The molecule has 8 heteroatoms. The number of nitrogens with one attached hydrogen (secondary N) is 2. The first-order chi connectivity index (χ1) is 18.8. The molecular weight excluding hydrogens is 504 g/mol. The van der Waals surface area contributed by atoms with Crippen LogP contribution in [0.3, 0.4) is 0 Å². The predicted molar refractivity (Wildman–Crippen MR) is 155 cm³/mol. The van der Waals surface area contributed by atoms with E-state index in [2.05, 4.69) is 66.1 Å². The van der Waals surface area contributed by atoms with Gasteiger partial charge in [-0.2, -0.15) is 5.10 Å². The lowest BCUT2D eigenvalue weighted by Crippen LogP contribution is -2.56. The molecule has 2 aliphatic heterocycles. The molecule has 2 saturated carbocycles. The normalized spacial score (nSPS) is 30.5. The van der Waals surface area contributed by atoms with Crippen LogP contribution < -0.4 is 5.32 Å². The average Bonchev–Trinajstić information content (AvgIpc) is 3.70. The van der Waals surface area contributed by atoms with Gasteiger partial charge in [-0.15, -0.1) is 11.3 Å². The molecule has 8 rings (SSSR count). The Morgan fingerprint density at radius 1 is 1.10 bits per heavy atom. The maximum Gasteiger partial charge on any atom is 0.226 e. The van der Waals surface area contributed by atoms with Gasteiger partial charge in [-0.3, -0.25) is 9.69 Å². The molecule has 7 nitrogen and oxygen atoms in total. The van der Waals surface area contributed by atoms with Crippen LogP contribution in [0.4, 0.5) is 0 Å². The van der Waals surface area contributed by atoms with Crippen LogP contribution in [0.2, 0.25) is 0 Å². The molecule has 0 aromatic carbocycles. The molecule has 3 atom stereocenters. The number of piperidine rings is 1. The van der Waals surface area contributed by atoms with Crippen LogP contribution in [0, 0.1) is 32.1 Å². The summed E-state index contributed by atoms with van der Waals surface area (Å²) < 4.78 is 1.92. The van der Waals surface area contributed by atoms with E-state index in [1.165, 1.54) is 63.1 Å². The number of hydrogen-bond acceptors (Lipinski definition) is 5. The molecular formula is C31H38N6OS. The summed E-state index contributed by atoms with van der Waals surface area (Å²) in [5.41, 5.74) is 8.75. The van der Waals surface area contributed by atoms with E-state index in [1.807, 2.05) is 15.9 Å². The number of pyridine rings is 1. The van der Waals surface area contributed by atoms with Crippen molar-refractivity contribution in [3.63, 3.8) is 0 Å². The van der Waals surface area contributed by atoms with Crippen molar-refractivity contribution >= 4 is 33.1 Å². The molecule has 1 amide bonds. The molecule has 0 radical (unpaired) electrons. The molecule has 4 aliphatic rings. The summed E-state index contributed by atoms with van der Waals surface area (Å²) in [6.07, 6.45) is 9.58. The number of carbonyl (C=O) groups excluding carboxylic acids is 1. The van der Waals surface area contributed by atoms with E-state index in [4.69, 9.17) is 0 Å². The summed E-state index contributed by atoms with van der Waals surface area (Å²) in [5, 5.41) is 8.98. The zero-order valence-electron chi connectivity index (χ0n) is 23.6. The van der Waals surface area contributed by atoms with Crippen molar-refractivity contribution in [2.24, 2.45) is 11.3 Å². The highest BCUT2D eigenvalue weighted by Gasteiger charge is 2.57. The van der Waals surface area contributed by atoms with Crippen LogP contribution in [0.5, 0.6) is 0 Å². The Labute approximate surface area is 233 Å². The second kappa shape index (κ2) is 8.16. The molecule has 204 valence electrons. The minimum absolute atomic E-state index is 0.0324. The Morgan fingerprint density at radius 2 is 1.92 bits per heavy atom. The van der Waals surface area contributed by atoms with Gasteiger partial charge in [-0.1, -0.05) is 13.8 Å². The first-order valence-electron chi connectivity index (χ1n) is 14.7. The zero-order chi connectivity index (χ0) is 26.8. The van der Waals surface area contributed by atoms with Gasteiger partial charge in [-0.25, -0.2) is 9.50 Å². The van der Waals surface area contributed by atoms with Crippen LogP contribution in [-0.2, 0) is 4.79 Å². The summed E-state index contributed by atoms with van der Waals surface area (Å²) in [4.78, 5) is 26.4. The largest absolute Gasteiger partial charge is 0.356 e. The minimum Gasteiger partial charge on any atom is -0.356 e. The first kappa shape index (κ1) is 24.1. The number of nitrogens with zero attached hydrogens (tertiary/aromatic N) is 4. The van der Waals surface area contributed by atoms with Gasteiger partial charge in [0.25, 0.3) is 0 Å². The molecule has 4 fully saturated rings. The standard InChI is InChI=1S/C31H38N6OS/c1-15(2)24-25-18(5)27(39-29(25)35-26(24)23-13-37-28(33-14-34-37)17(4)16(23)3)22-9-20-8-19(22)12-36(20)21-10-31(11-21)6-7-32-30(31)38/h13-15,19-22,35H,6-12H2,1-5H3,(H,32,38)/t19-,20+,21-,22+,31-/m0/s1. The number of likely N-dealkylation sites (tertiary alicyclic amines) is 1. The molecule has 2 bridgehead atoms. The summed E-state index contributed by atoms with van der Waals surface area (Å²) in [7, 11) is 0. The third kappa shape index (κ3) is 3.22. The smallest absolute Gasteiger partial charge is 0.226 e. The van der Waals surface area contributed by atoms with Crippen molar-refractivity contribution < 1.29 is 4.79 Å². The van der Waals surface area contributed by atoms with Crippen LogP contribution in [0.15, 0.2) is 12.5 Å². The minimum atomic E-state index is -0.0324. The topological polar surface area (TPSA) is 78.3 Å². The van der Waals surface area contributed by atoms with Crippen LogP contribution in [-0.4, -0.2) is 55.6 Å². The molecule has 39 heavy (non-hydrogen) atoms. The van der Waals surface area contributed by atoms with Crippen LogP contribution in [0.1, 0.15) is 84.9 Å². The lowest BCUT2D eigenvalue weighted by molar-refractivity contribution is -0.136. The highest BCUT2D eigenvalue weighted by Crippen LogP contribution is 2.57. The van der Waals surface area contributed by atoms with Gasteiger partial charge in [0.2, 0.25) is 5.91 Å². The Bertz CT molecular complexity index is 1650. The van der Waals surface area contributed by atoms with Crippen molar-refractivity contribution in [3.8, 4) is 11.3 Å². The number of aryl methyl sites for hydroxylation is 2. The molecule has 4 aromatic rings. The number of H-pyrrole nitrogens is 1. The van der Waals surface area contributed by atoms with Gasteiger partial charge in [0.15, 0.2) is 5.65 Å². The predicted octanol–water partition coefficient (Wildman–Crippen LogP) is 5.83. The van der Waals surface area contributed by atoms with Gasteiger partial charge in [0.1, 0.15) is 11.2 Å². The van der Waals surface area contributed by atoms with Crippen molar-refractivity contribution in [1.82, 2.24) is 29.8 Å². The van der Waals surface area contributed by atoms with Crippen molar-refractivity contribution in [3.05, 3.63) is 39.7 Å². The quantitative estimate of drug-likeness (QED) is 0.340. The summed E-state index contributed by atoms with van der Waals surface area (Å²) >= 11 is 2.01. The van der Waals surface area contributed by atoms with Crippen LogP contribution in [0.25, 0.3) is 27.1 Å². The van der Waals surface area contributed by atoms with Crippen molar-refractivity contribution in [2.75, 3.05) is 13.1 Å². The van der Waals surface area contributed by atoms with Gasteiger partial charge in [0, 0.05) is 47.2 Å². The van der Waals surface area contributed by atoms with E-state index in [1.54, 1.807) is 11.2 Å². The number of fused-ring (bicyclic) bond motifs is 4. The maximum absolute atomic E-state index is 12.4. The lowest BCUT2D eigenvalue weighted by atomic mass is 9.63. The second-order valence-corrected chi connectivity index (χ2v) is 14.3. The van der Waals surface area contributed by atoms with Crippen molar-refractivity contribution in [2.45, 2.75) is 90.6 Å². The van der Waals surface area contributed by atoms with E-state index in [-0.39, 0.29) is 5.41 Å². The van der Waals surface area contributed by atoms with Gasteiger partial charge in [0.05, 0.1) is 11.1 Å². The fraction of sp³-hybridized carbons (Fsp3) is 0.581. The number of amides is 1. The number of carbonyl (C=O) groups is 1. The average molecular weight is 543 g/mol. The molecule has 0 unspecified atom stereocenters. The monoisotopic (exact) mass is 542 g/mol. The number of aromatic nitrogens is 4. The first-order valence-corrected chi connectivity index (χ1v) is 15.6. The molecule has 4 aromatic heterocycles. The fourth-order valence-electron chi connectivity index (χ4n) is 8.79. The lowest BCUT2D eigenvalue weighted by Gasteiger charge is -2.50. The Morgan fingerprint density at radius 3 is 2.62 bits per heavy atom. The van der Waals surface area contributed by atoms with Crippen LogP contribution >= 0.6 is 11.3 Å². The Balaban J connectivity index is 1.10. The Kier molecular flexibility index (Phi) is 5.05. The molecule has 1 spiro atoms. The van der Waals surface area contributed by atoms with Gasteiger partial charge < -0.3 is 10.3 Å². The summed E-state index contributed by atoms with van der Waals surface area (Å²) in [6.45, 7) is 13.5. The number of thiophene rings is 1. The van der Waals surface area contributed by atoms with E-state index in [0.29, 0.717) is 29.8 Å². The number of rotatable bonds is 4. The summed E-state index contributed by atoms with van der Waals surface area (Å²) in [5.74, 6) is 2.14. The highest BCUT2D eigenvalue weighted by atomic mass is 32.1. The Hall–Kier alpha value is -2.71. The SMILES string of the molecule is Cc1c(-c2[nH]c3sc([C@@H]4C[C@H]5C[C@H]4CN5[C@H]4C[C@@]5(CCNC5=O)C4)c(C)c3c2C(C)C)cn2ncnc2c1C. The highest BCUT2D eigenvalue weighted by molar-refractivity contribution is 7.19. The molecule has 2 aliphatic carbocycles. The van der Waals surface area contributed by atoms with E-state index < -0.39 is 0 Å². The van der Waals surface area contributed by atoms with E-state index >= 15 is 0 Å². The number of hydrogen-bond donors (Lipinski definition) is 2. The number of aromatic amines is 1. The van der Waals surface area contributed by atoms with Gasteiger partial charge in [-0.05, 0) is 92.9 Å². The second-order valence-electron chi connectivity index (χ2n) is 13.2. The van der Waals surface area contributed by atoms with E-state index in [0.717, 1.165) is 37.4 Å². The fourth-order valence-corrected chi connectivity index (χ4v) is 10.2. The zero-order valence-corrected chi connectivity index (χ0v) is 24.4. The van der Waals surface area contributed by atoms with E-state index in [9.17, 15) is 4.79 Å². The maximum atomic E-state index is 12.4. The van der Waals surface area contributed by atoms with Crippen molar-refractivity contribution in [1.29, 1.82) is 0 Å². The summed E-state index contributed by atoms with van der Waals surface area (Å²) in [6, 6.07) is 1.31. The molecule has 2 saturated heterocycles. The third-order valence-electron chi connectivity index (χ3n) is 10.9. The van der Waals surface area contributed by atoms with Gasteiger partial charge >= 0.3 is 0 Å². The molecule has 2 N–H and O–H groups in total. The molecule has 6 heterocycles.